The van der Waals surface area contributed by atoms with Gasteiger partial charge in [0.2, 0.25) is 0 Å². The van der Waals surface area contributed by atoms with Gasteiger partial charge in [0.05, 0.1) is 10.5 Å². The number of nitrogens with one attached hydrogen (secondary N) is 1. The maximum atomic E-state index is 13.0. The Labute approximate surface area is 153 Å². The first-order valence-corrected chi connectivity index (χ1v) is 9.49. The van der Waals surface area contributed by atoms with E-state index in [4.69, 9.17) is 0 Å². The topological polar surface area (TPSA) is 66.5 Å². The highest BCUT2D eigenvalue weighted by atomic mass is 32.2. The summed E-state index contributed by atoms with van der Waals surface area (Å²) in [5, 5.41) is -0.211. The van der Waals surface area contributed by atoms with Gasteiger partial charge in [-0.25, -0.2) is 8.42 Å². The molecule has 1 amide bonds. The third-order valence-electron chi connectivity index (χ3n) is 3.16. The monoisotopic (exact) mass is 404 g/mol. The Morgan fingerprint density at radius 3 is 2.15 bits per heavy atom. The molecule has 26 heavy (non-hydrogen) atoms. The summed E-state index contributed by atoms with van der Waals surface area (Å²) in [7, 11) is -1.24. The van der Waals surface area contributed by atoms with Crippen molar-refractivity contribution in [3.05, 3.63) is 54.1 Å². The molecule has 10 heteroatoms. The van der Waals surface area contributed by atoms with Gasteiger partial charge >= 0.3 is 6.18 Å². The van der Waals surface area contributed by atoms with Crippen molar-refractivity contribution in [3.63, 3.8) is 0 Å². The molecule has 0 atom stereocenters. The third-order valence-corrected chi connectivity index (χ3v) is 5.65. The summed E-state index contributed by atoms with van der Waals surface area (Å²) in [4.78, 5) is 12.7. The molecule has 0 aliphatic carbocycles. The lowest BCUT2D eigenvalue weighted by Crippen LogP contribution is -2.18. The lowest BCUT2D eigenvalue weighted by atomic mass is 10.2. The molecule has 2 aromatic rings. The second-order valence-corrected chi connectivity index (χ2v) is 8.06. The molecule has 0 saturated carbocycles. The van der Waals surface area contributed by atoms with Crippen LogP contribution in [0.3, 0.4) is 0 Å². The number of halogens is 3. The minimum absolute atomic E-state index is 0.0867. The van der Waals surface area contributed by atoms with Crippen LogP contribution in [0.2, 0.25) is 0 Å². The quantitative estimate of drug-likeness (QED) is 0.773. The summed E-state index contributed by atoms with van der Waals surface area (Å²) < 4.78 is 65.9. The van der Waals surface area contributed by atoms with Crippen LogP contribution >= 0.6 is 11.8 Å². The van der Waals surface area contributed by atoms with Crippen LogP contribution in [0.15, 0.2) is 58.3 Å². The van der Waals surface area contributed by atoms with Crippen molar-refractivity contribution in [2.24, 2.45) is 0 Å². The van der Waals surface area contributed by atoms with Gasteiger partial charge in [-0.1, -0.05) is 12.1 Å². The molecule has 0 spiro atoms. The third kappa shape index (κ3) is 4.92. The first kappa shape index (κ1) is 20.1. The van der Waals surface area contributed by atoms with E-state index >= 15 is 0 Å². The molecule has 0 aliphatic rings. The van der Waals surface area contributed by atoms with Crippen LogP contribution in [-0.4, -0.2) is 32.7 Å². The molecule has 140 valence electrons. The maximum Gasteiger partial charge on any atom is 0.417 e. The molecule has 0 bridgehead atoms. The van der Waals surface area contributed by atoms with Crippen LogP contribution in [0.5, 0.6) is 0 Å². The van der Waals surface area contributed by atoms with Crippen LogP contribution in [-0.2, 0) is 16.2 Å². The highest BCUT2D eigenvalue weighted by Gasteiger charge is 2.36. The van der Waals surface area contributed by atoms with Crippen LogP contribution in [0, 0.1) is 0 Å². The van der Waals surface area contributed by atoms with Gasteiger partial charge in [-0.15, -0.1) is 0 Å². The van der Waals surface area contributed by atoms with E-state index in [1.54, 1.807) is 14.1 Å². The Kier molecular flexibility index (Phi) is 5.87. The zero-order valence-electron chi connectivity index (χ0n) is 13.7. The van der Waals surface area contributed by atoms with Crippen LogP contribution in [0.1, 0.15) is 5.56 Å². The van der Waals surface area contributed by atoms with Crippen LogP contribution in [0.25, 0.3) is 0 Å². The predicted octanol–water partition coefficient (Wildman–Crippen LogP) is 4.28. The van der Waals surface area contributed by atoms with E-state index in [2.05, 4.69) is 4.72 Å². The molecule has 2 aromatic carbocycles. The number of alkyl halides is 3. The molecular weight excluding hydrogens is 389 g/mol. The van der Waals surface area contributed by atoms with Gasteiger partial charge in [0.25, 0.3) is 15.3 Å². The van der Waals surface area contributed by atoms with Crippen molar-refractivity contribution in [2.45, 2.75) is 16.0 Å². The van der Waals surface area contributed by atoms with Gasteiger partial charge in [-0.2, -0.15) is 13.2 Å². The van der Waals surface area contributed by atoms with E-state index in [0.717, 1.165) is 23.9 Å². The maximum absolute atomic E-state index is 13.0. The number of hydrogen-bond donors (Lipinski definition) is 1. The highest BCUT2D eigenvalue weighted by Crippen LogP contribution is 2.34. The summed E-state index contributed by atoms with van der Waals surface area (Å²) in [6.07, 6.45) is -4.79. The summed E-state index contributed by atoms with van der Waals surface area (Å²) in [5.41, 5.74) is -1.15. The van der Waals surface area contributed by atoms with Gasteiger partial charge in [-0.3, -0.25) is 9.52 Å². The van der Waals surface area contributed by atoms with Crippen molar-refractivity contribution in [2.75, 3.05) is 18.8 Å². The van der Waals surface area contributed by atoms with Gasteiger partial charge in [-0.05, 0) is 48.2 Å². The number of hydrogen-bond acceptors (Lipinski definition) is 4. The first-order valence-electron chi connectivity index (χ1n) is 7.19. The number of nitrogens with zero attached hydrogens (tertiary/aromatic N) is 1. The summed E-state index contributed by atoms with van der Waals surface area (Å²) >= 11 is 0.942. The van der Waals surface area contributed by atoms with Crippen molar-refractivity contribution < 1.29 is 26.4 Å². The van der Waals surface area contributed by atoms with E-state index in [-0.39, 0.29) is 10.9 Å². The van der Waals surface area contributed by atoms with Gasteiger partial charge in [0.1, 0.15) is 0 Å². The van der Waals surface area contributed by atoms with Gasteiger partial charge < -0.3 is 4.90 Å². The van der Waals surface area contributed by atoms with E-state index in [1.807, 2.05) is 0 Å². The minimum atomic E-state index is -4.79. The van der Waals surface area contributed by atoms with Crippen LogP contribution in [0.4, 0.5) is 23.7 Å². The van der Waals surface area contributed by atoms with Gasteiger partial charge in [0, 0.05) is 24.7 Å². The number of carbonyl (C=O) groups excluding carboxylic acids is 1. The SMILES string of the molecule is CN(C)C(=O)Sc1ccc(NS(=O)(=O)c2ccccc2C(F)(F)F)cc1. The highest BCUT2D eigenvalue weighted by molar-refractivity contribution is 8.13. The molecule has 0 heterocycles. The molecule has 0 aliphatic heterocycles. The first-order chi connectivity index (χ1) is 12.0. The molecule has 0 radical (unpaired) electrons. The van der Waals surface area contributed by atoms with Crippen LogP contribution < -0.4 is 4.72 Å². The molecule has 0 unspecified atom stereocenters. The molecule has 2 rings (SSSR count). The van der Waals surface area contributed by atoms with Crippen molar-refractivity contribution in [1.29, 1.82) is 0 Å². The Morgan fingerprint density at radius 2 is 1.62 bits per heavy atom. The second-order valence-electron chi connectivity index (χ2n) is 5.39. The Morgan fingerprint density at radius 1 is 1.04 bits per heavy atom. The van der Waals surface area contributed by atoms with E-state index in [1.165, 1.54) is 35.2 Å². The Balaban J connectivity index is 2.24. The number of sulfonamides is 1. The Hall–Kier alpha value is -2.20. The van der Waals surface area contributed by atoms with Crippen molar-refractivity contribution >= 4 is 32.7 Å². The lowest BCUT2D eigenvalue weighted by molar-refractivity contribution is -0.139. The van der Waals surface area contributed by atoms with Crippen molar-refractivity contribution in [3.8, 4) is 0 Å². The smallest absolute Gasteiger partial charge is 0.339 e. The Bertz CT molecular complexity index is 896. The fourth-order valence-electron chi connectivity index (χ4n) is 1.93. The zero-order valence-corrected chi connectivity index (χ0v) is 15.4. The second kappa shape index (κ2) is 7.58. The predicted molar refractivity (Wildman–Crippen MR) is 93.6 cm³/mol. The van der Waals surface area contributed by atoms with Gasteiger partial charge in [0.15, 0.2) is 0 Å². The molecule has 1 N–H and O–H groups in total. The zero-order chi connectivity index (χ0) is 19.5. The minimum Gasteiger partial charge on any atom is -0.339 e. The fourth-order valence-corrected chi connectivity index (χ4v) is 3.87. The molecule has 5 nitrogen and oxygen atoms in total. The number of carbonyl (C=O) groups is 1. The van der Waals surface area contributed by atoms with E-state index < -0.39 is 26.7 Å². The van der Waals surface area contributed by atoms with E-state index in [0.29, 0.717) is 11.0 Å². The standard InChI is InChI=1S/C16H15F3N2O3S2/c1-21(2)15(22)25-12-9-7-11(8-10-12)20-26(23,24)14-6-4-3-5-13(14)16(17,18)19/h3-10,20H,1-2H3. The summed E-state index contributed by atoms with van der Waals surface area (Å²) in [6.45, 7) is 0. The number of rotatable bonds is 4. The van der Waals surface area contributed by atoms with Crippen molar-refractivity contribution in [1.82, 2.24) is 4.90 Å². The molecule has 0 fully saturated rings. The molecule has 0 saturated heterocycles. The average molecular weight is 404 g/mol. The lowest BCUT2D eigenvalue weighted by Gasteiger charge is -2.14. The number of anilines is 1. The average Bonchev–Trinajstić information content (AvgIpc) is 2.55. The number of thioether (sulfide) groups is 1. The number of benzene rings is 2. The summed E-state index contributed by atoms with van der Waals surface area (Å²) in [5.74, 6) is 0. The number of amides is 1. The molecule has 0 aromatic heterocycles. The fraction of sp³-hybridized carbons (Fsp3) is 0.188. The van der Waals surface area contributed by atoms with E-state index in [9.17, 15) is 26.4 Å². The largest absolute Gasteiger partial charge is 0.417 e. The normalized spacial score (nSPS) is 11.9. The summed E-state index contributed by atoms with van der Waals surface area (Å²) in [6, 6.07) is 9.69. The molecular formula is C16H15F3N2O3S2.